The Morgan fingerprint density at radius 1 is 1.23 bits per heavy atom. The molecule has 1 aliphatic heterocycles. The number of para-hydroxylation sites is 1. The van der Waals surface area contributed by atoms with E-state index in [1.54, 1.807) is 29.4 Å². The summed E-state index contributed by atoms with van der Waals surface area (Å²) in [5, 5.41) is 0.641. The minimum absolute atomic E-state index is 0.00238. The van der Waals surface area contributed by atoms with E-state index in [0.29, 0.717) is 29.4 Å². The predicted molar refractivity (Wildman–Crippen MR) is 121 cm³/mol. The molecule has 1 fully saturated rings. The fourth-order valence-electron chi connectivity index (χ4n) is 3.79. The van der Waals surface area contributed by atoms with Crippen molar-refractivity contribution in [1.82, 2.24) is 15.0 Å². The van der Waals surface area contributed by atoms with Crippen LogP contribution in [0.4, 0.5) is 5.13 Å². The monoisotopic (exact) mass is 434 g/mol. The van der Waals surface area contributed by atoms with Gasteiger partial charge in [-0.2, -0.15) is 0 Å². The van der Waals surface area contributed by atoms with Gasteiger partial charge in [0.15, 0.2) is 5.13 Å². The molecule has 4 aromatic rings. The van der Waals surface area contributed by atoms with Crippen LogP contribution in [0.3, 0.4) is 0 Å². The summed E-state index contributed by atoms with van der Waals surface area (Å²) in [6.45, 7) is 3.69. The number of hydrogen-bond acceptors (Lipinski definition) is 7. The molecule has 1 atom stereocenters. The Morgan fingerprint density at radius 2 is 2.10 bits per heavy atom. The molecule has 3 heterocycles. The fraction of sp³-hybridized carbons (Fsp3) is 0.304. The van der Waals surface area contributed by atoms with Gasteiger partial charge in [0, 0.05) is 24.6 Å². The number of aromatic nitrogens is 3. The Hall–Kier alpha value is -3.10. The van der Waals surface area contributed by atoms with E-state index in [2.05, 4.69) is 9.97 Å². The Balaban J connectivity index is 1.55. The molecule has 1 unspecified atom stereocenters. The maximum atomic E-state index is 13.6. The number of carbonyl (C=O) groups is 1. The smallest absolute Gasteiger partial charge is 0.260 e. The second-order valence-electron chi connectivity index (χ2n) is 7.34. The van der Waals surface area contributed by atoms with Gasteiger partial charge in [0.2, 0.25) is 0 Å². The van der Waals surface area contributed by atoms with Crippen LogP contribution >= 0.6 is 11.3 Å². The molecule has 158 valence electrons. The average Bonchev–Trinajstić information content (AvgIpc) is 3.47. The van der Waals surface area contributed by atoms with Gasteiger partial charge in [-0.15, -0.1) is 0 Å². The van der Waals surface area contributed by atoms with Crippen LogP contribution in [0.1, 0.15) is 30.1 Å². The van der Waals surface area contributed by atoms with Crippen LogP contribution in [-0.4, -0.2) is 46.7 Å². The van der Waals surface area contributed by atoms with Crippen LogP contribution in [0.2, 0.25) is 0 Å². The Labute approximate surface area is 183 Å². The van der Waals surface area contributed by atoms with Crippen molar-refractivity contribution in [3.05, 3.63) is 54.4 Å². The number of ether oxygens (including phenoxy) is 2. The third-order valence-electron chi connectivity index (χ3n) is 5.27. The number of anilines is 1. The van der Waals surface area contributed by atoms with Gasteiger partial charge in [-0.3, -0.25) is 19.7 Å². The molecule has 0 spiro atoms. The Kier molecular flexibility index (Phi) is 5.48. The minimum Gasteiger partial charge on any atom is -0.492 e. The molecule has 1 saturated heterocycles. The lowest BCUT2D eigenvalue weighted by Gasteiger charge is -2.23. The van der Waals surface area contributed by atoms with E-state index in [1.165, 1.54) is 11.3 Å². The molecule has 5 rings (SSSR count). The summed E-state index contributed by atoms with van der Waals surface area (Å²) >= 11 is 1.49. The summed E-state index contributed by atoms with van der Waals surface area (Å²) in [4.78, 5) is 28.8. The number of carbonyl (C=O) groups excluding carboxylic acids is 1. The number of nitrogens with zero attached hydrogens (tertiary/aromatic N) is 4. The highest BCUT2D eigenvalue weighted by Gasteiger charge is 2.27. The van der Waals surface area contributed by atoms with Gasteiger partial charge in [-0.1, -0.05) is 17.4 Å². The van der Waals surface area contributed by atoms with E-state index >= 15 is 0 Å². The van der Waals surface area contributed by atoms with Gasteiger partial charge in [0.25, 0.3) is 5.91 Å². The summed E-state index contributed by atoms with van der Waals surface area (Å²) in [5.74, 6) is 0.605. The summed E-state index contributed by atoms with van der Waals surface area (Å²) < 4.78 is 12.6. The standard InChI is InChI=1S/C23H22N4O3S/c1-2-29-19-6-3-7-20-21(19)26-23(31-20)27(14-16-5-4-12-30-16)22(28)15-8-9-17-18(13-15)25-11-10-24-17/h3,6-11,13,16H,2,4-5,12,14H2,1H3. The van der Waals surface area contributed by atoms with E-state index in [1.807, 2.05) is 31.2 Å². The average molecular weight is 435 g/mol. The van der Waals surface area contributed by atoms with Crippen molar-refractivity contribution in [3.63, 3.8) is 0 Å². The number of benzene rings is 2. The van der Waals surface area contributed by atoms with Gasteiger partial charge in [0.1, 0.15) is 11.3 Å². The van der Waals surface area contributed by atoms with Crippen LogP contribution in [0, 0.1) is 0 Å². The highest BCUT2D eigenvalue weighted by Crippen LogP contribution is 2.35. The SMILES string of the molecule is CCOc1cccc2sc(N(CC3CCCO3)C(=O)c3ccc4nccnc4c3)nc12. The van der Waals surface area contributed by atoms with Crippen molar-refractivity contribution < 1.29 is 14.3 Å². The van der Waals surface area contributed by atoms with E-state index in [0.717, 1.165) is 40.9 Å². The fourth-order valence-corrected chi connectivity index (χ4v) is 4.78. The second kappa shape index (κ2) is 8.56. The highest BCUT2D eigenvalue weighted by molar-refractivity contribution is 7.22. The van der Waals surface area contributed by atoms with Gasteiger partial charge >= 0.3 is 0 Å². The molecule has 8 heteroatoms. The zero-order chi connectivity index (χ0) is 21.2. The maximum absolute atomic E-state index is 13.6. The van der Waals surface area contributed by atoms with Gasteiger partial charge in [0.05, 0.1) is 35.0 Å². The normalized spacial score (nSPS) is 16.1. The van der Waals surface area contributed by atoms with Crippen molar-refractivity contribution in [2.24, 2.45) is 0 Å². The van der Waals surface area contributed by atoms with Crippen molar-refractivity contribution in [2.45, 2.75) is 25.9 Å². The first-order valence-electron chi connectivity index (χ1n) is 10.4. The maximum Gasteiger partial charge on any atom is 0.260 e. The molecule has 1 aliphatic rings. The zero-order valence-electron chi connectivity index (χ0n) is 17.2. The number of rotatable bonds is 6. The molecule has 0 saturated carbocycles. The lowest BCUT2D eigenvalue weighted by atomic mass is 10.1. The third-order valence-corrected chi connectivity index (χ3v) is 6.32. The van der Waals surface area contributed by atoms with Crippen molar-refractivity contribution >= 4 is 43.6 Å². The molecule has 31 heavy (non-hydrogen) atoms. The third kappa shape index (κ3) is 3.96. The first-order chi connectivity index (χ1) is 15.2. The largest absolute Gasteiger partial charge is 0.492 e. The van der Waals surface area contributed by atoms with Crippen LogP contribution in [0.25, 0.3) is 21.3 Å². The van der Waals surface area contributed by atoms with E-state index in [4.69, 9.17) is 14.5 Å². The molecule has 2 aromatic carbocycles. The predicted octanol–water partition coefficient (Wildman–Crippen LogP) is 4.46. The lowest BCUT2D eigenvalue weighted by molar-refractivity contribution is 0.0917. The highest BCUT2D eigenvalue weighted by atomic mass is 32.1. The van der Waals surface area contributed by atoms with Crippen LogP contribution in [-0.2, 0) is 4.74 Å². The zero-order valence-corrected chi connectivity index (χ0v) is 18.0. The van der Waals surface area contributed by atoms with Crippen LogP contribution in [0.5, 0.6) is 5.75 Å². The number of fused-ring (bicyclic) bond motifs is 2. The first kappa shape index (κ1) is 19.8. The molecular formula is C23H22N4O3S. The molecule has 7 nitrogen and oxygen atoms in total. The quantitative estimate of drug-likeness (QED) is 0.446. The van der Waals surface area contributed by atoms with Crippen molar-refractivity contribution in [1.29, 1.82) is 0 Å². The number of amides is 1. The summed E-state index contributed by atoms with van der Waals surface area (Å²) in [6.07, 6.45) is 5.21. The Morgan fingerprint density at radius 3 is 2.90 bits per heavy atom. The topological polar surface area (TPSA) is 77.4 Å². The minimum atomic E-state index is -0.125. The van der Waals surface area contributed by atoms with Crippen molar-refractivity contribution in [2.75, 3.05) is 24.7 Å². The van der Waals surface area contributed by atoms with Crippen molar-refractivity contribution in [3.8, 4) is 5.75 Å². The van der Waals surface area contributed by atoms with Gasteiger partial charge in [-0.05, 0) is 50.1 Å². The van der Waals surface area contributed by atoms with Crippen LogP contribution in [0.15, 0.2) is 48.8 Å². The van der Waals surface area contributed by atoms with E-state index < -0.39 is 0 Å². The molecule has 2 aromatic heterocycles. The summed E-state index contributed by atoms with van der Waals surface area (Å²) in [5.41, 5.74) is 2.77. The molecule has 0 bridgehead atoms. The number of hydrogen-bond donors (Lipinski definition) is 0. The Bertz CT molecular complexity index is 1240. The molecule has 0 radical (unpaired) electrons. The summed E-state index contributed by atoms with van der Waals surface area (Å²) in [7, 11) is 0. The van der Waals surface area contributed by atoms with Gasteiger partial charge < -0.3 is 9.47 Å². The molecule has 1 amide bonds. The van der Waals surface area contributed by atoms with Crippen LogP contribution < -0.4 is 9.64 Å². The van der Waals surface area contributed by atoms with Gasteiger partial charge in [-0.25, -0.2) is 4.98 Å². The molecular weight excluding hydrogens is 412 g/mol. The first-order valence-corrected chi connectivity index (χ1v) is 11.2. The molecule has 0 aliphatic carbocycles. The molecule has 0 N–H and O–H groups in total. The lowest BCUT2D eigenvalue weighted by Crippen LogP contribution is -2.37. The second-order valence-corrected chi connectivity index (χ2v) is 8.35. The van der Waals surface area contributed by atoms with E-state index in [-0.39, 0.29) is 12.0 Å². The van der Waals surface area contributed by atoms with E-state index in [9.17, 15) is 4.79 Å². The number of thiazole rings is 1. The summed E-state index contributed by atoms with van der Waals surface area (Å²) in [6, 6.07) is 11.3.